The first-order valence-corrected chi connectivity index (χ1v) is 13.5. The van der Waals surface area contributed by atoms with Crippen LogP contribution in [0.2, 0.25) is 0 Å². The number of nitrogens with one attached hydrogen (secondary N) is 1. The van der Waals surface area contributed by atoms with Crippen LogP contribution < -0.4 is 5.32 Å². The van der Waals surface area contributed by atoms with Gasteiger partial charge in [-0.15, -0.1) is 11.3 Å². The number of aryl methyl sites for hydroxylation is 1. The molecule has 0 aromatic carbocycles. The van der Waals surface area contributed by atoms with Gasteiger partial charge in [-0.25, -0.2) is 4.98 Å². The Labute approximate surface area is 225 Å². The lowest BCUT2D eigenvalue weighted by Gasteiger charge is -2.34. The van der Waals surface area contributed by atoms with Crippen LogP contribution in [0.15, 0.2) is 24.4 Å². The molecule has 2 atom stereocenters. The Bertz CT molecular complexity index is 1520. The number of carbonyl (C=O) groups excluding carboxylic acids is 3. The number of thiophene rings is 1. The fourth-order valence-corrected chi connectivity index (χ4v) is 6.39. The average Bonchev–Trinajstić information content (AvgIpc) is 3.37. The maximum atomic E-state index is 13.8. The Kier molecular flexibility index (Phi) is 6.53. The number of rotatable bonds is 4. The predicted molar refractivity (Wildman–Crippen MR) is 144 cm³/mol. The predicted octanol–water partition coefficient (Wildman–Crippen LogP) is 3.50. The fraction of sp³-hybridized carbons (Fsp3) is 0.429. The number of amides is 3. The second-order valence-corrected chi connectivity index (χ2v) is 11.8. The first kappa shape index (κ1) is 25.9. The van der Waals surface area contributed by atoms with E-state index in [1.807, 2.05) is 24.0 Å². The van der Waals surface area contributed by atoms with Crippen LogP contribution in [0.1, 0.15) is 54.3 Å². The number of pyridine rings is 2. The van der Waals surface area contributed by atoms with E-state index < -0.39 is 5.41 Å². The lowest BCUT2D eigenvalue weighted by Crippen LogP contribution is -2.52. The molecular formula is C28H30N6O3S. The van der Waals surface area contributed by atoms with Gasteiger partial charge < -0.3 is 10.2 Å². The van der Waals surface area contributed by atoms with Gasteiger partial charge in [0.25, 0.3) is 5.91 Å². The number of hydrogen-bond donors (Lipinski definition) is 1. The molecule has 3 amide bonds. The number of likely N-dealkylation sites (tertiary alicyclic amines) is 1. The Balaban J connectivity index is 1.60. The van der Waals surface area contributed by atoms with Crippen LogP contribution >= 0.6 is 11.3 Å². The molecular weight excluding hydrogens is 500 g/mol. The smallest absolute Gasteiger partial charge is 0.256 e. The van der Waals surface area contributed by atoms with Crippen molar-refractivity contribution in [3.05, 3.63) is 46.2 Å². The van der Waals surface area contributed by atoms with Crippen LogP contribution in [0.4, 0.5) is 0 Å². The number of fused-ring (bicyclic) bond motifs is 1. The molecule has 2 unspecified atom stereocenters. The normalized spacial score (nSPS) is 21.3. The summed E-state index contributed by atoms with van der Waals surface area (Å²) in [4.78, 5) is 52.6. The molecule has 3 aromatic rings. The zero-order chi connectivity index (χ0) is 27.4. The molecule has 196 valence electrons. The van der Waals surface area contributed by atoms with Crippen molar-refractivity contribution in [2.24, 2.45) is 11.3 Å². The molecule has 2 aliphatic heterocycles. The minimum atomic E-state index is -0.740. The van der Waals surface area contributed by atoms with Gasteiger partial charge in [-0.1, -0.05) is 20.8 Å². The molecule has 2 saturated heterocycles. The number of aromatic nitrogens is 2. The van der Waals surface area contributed by atoms with E-state index in [2.05, 4.69) is 21.4 Å². The summed E-state index contributed by atoms with van der Waals surface area (Å²) in [5, 5.41) is 13.0. The number of carbonyl (C=O) groups is 3. The van der Waals surface area contributed by atoms with Crippen molar-refractivity contribution in [1.29, 1.82) is 5.26 Å². The minimum Gasteiger partial charge on any atom is -0.333 e. The summed E-state index contributed by atoms with van der Waals surface area (Å²) in [5.41, 5.74) is 2.57. The highest BCUT2D eigenvalue weighted by atomic mass is 32.1. The molecule has 2 aliphatic rings. The zero-order valence-electron chi connectivity index (χ0n) is 22.2. The quantitative estimate of drug-likeness (QED) is 0.513. The van der Waals surface area contributed by atoms with Crippen LogP contribution in [-0.4, -0.2) is 63.2 Å². The first-order valence-electron chi connectivity index (χ1n) is 12.7. The Hall–Kier alpha value is -3.68. The van der Waals surface area contributed by atoms with E-state index in [9.17, 15) is 19.6 Å². The third-order valence-electron chi connectivity index (χ3n) is 7.87. The van der Waals surface area contributed by atoms with Crippen LogP contribution in [-0.2, 0) is 16.1 Å². The summed E-state index contributed by atoms with van der Waals surface area (Å²) in [6.07, 6.45) is 1.68. The molecule has 0 aliphatic carbocycles. The second kappa shape index (κ2) is 9.57. The Morgan fingerprint density at radius 3 is 2.68 bits per heavy atom. The van der Waals surface area contributed by atoms with Crippen LogP contribution in [0.5, 0.6) is 0 Å². The SMILES string of the molecule is Cc1nc(C#N)cc(-c2ccnc3cc(CN4C(=O)C(C)C(C)(C)C4=O)sc23)c1C(=O)N1CCNCC1C. The van der Waals surface area contributed by atoms with Crippen molar-refractivity contribution in [2.45, 2.75) is 47.2 Å². The highest BCUT2D eigenvalue weighted by molar-refractivity contribution is 7.19. The number of nitrogens with zero attached hydrogens (tertiary/aromatic N) is 5. The highest BCUT2D eigenvalue weighted by Crippen LogP contribution is 2.41. The maximum Gasteiger partial charge on any atom is 0.256 e. The van der Waals surface area contributed by atoms with Gasteiger partial charge in [-0.05, 0) is 32.0 Å². The fourth-order valence-electron chi connectivity index (χ4n) is 5.26. The molecule has 0 spiro atoms. The van der Waals surface area contributed by atoms with Crippen LogP contribution in [0, 0.1) is 29.6 Å². The standard InChI is InChI=1S/C28H30N6O3S/c1-15-13-30-8-9-33(15)26(36)23-17(3)32-18(12-29)10-21(23)20-6-7-31-22-11-19(38-24(20)22)14-34-25(35)16(2)28(4,5)27(34)37/h6-7,10-11,15-16,30H,8-9,13-14H2,1-5H3. The minimum absolute atomic E-state index is 0.0205. The van der Waals surface area contributed by atoms with Gasteiger partial charge in [0.1, 0.15) is 11.8 Å². The number of hydrogen-bond acceptors (Lipinski definition) is 8. The van der Waals surface area contributed by atoms with Gasteiger partial charge >= 0.3 is 0 Å². The van der Waals surface area contributed by atoms with Gasteiger partial charge in [-0.2, -0.15) is 5.26 Å². The molecule has 0 radical (unpaired) electrons. The molecule has 9 nitrogen and oxygen atoms in total. The number of imide groups is 1. The molecule has 1 N–H and O–H groups in total. The van der Waals surface area contributed by atoms with E-state index in [4.69, 9.17) is 0 Å². The van der Waals surface area contributed by atoms with Gasteiger partial charge in [0.2, 0.25) is 11.8 Å². The Morgan fingerprint density at radius 2 is 2.03 bits per heavy atom. The van der Waals surface area contributed by atoms with Crippen molar-refractivity contribution in [1.82, 2.24) is 25.1 Å². The summed E-state index contributed by atoms with van der Waals surface area (Å²) in [6, 6.07) is 7.53. The maximum absolute atomic E-state index is 13.8. The van der Waals surface area contributed by atoms with E-state index in [-0.39, 0.29) is 41.9 Å². The van der Waals surface area contributed by atoms with Gasteiger partial charge in [0.05, 0.1) is 33.4 Å². The highest BCUT2D eigenvalue weighted by Gasteiger charge is 2.51. The number of piperazine rings is 1. The van der Waals surface area contributed by atoms with Crippen molar-refractivity contribution >= 4 is 39.3 Å². The second-order valence-electron chi connectivity index (χ2n) is 10.6. The Morgan fingerprint density at radius 1 is 1.26 bits per heavy atom. The third-order valence-corrected chi connectivity index (χ3v) is 9.02. The molecule has 3 aromatic heterocycles. The van der Waals surface area contributed by atoms with E-state index in [0.29, 0.717) is 42.0 Å². The lowest BCUT2D eigenvalue weighted by atomic mass is 9.82. The van der Waals surface area contributed by atoms with Crippen LogP contribution in [0.3, 0.4) is 0 Å². The third kappa shape index (κ3) is 4.16. The molecule has 5 heterocycles. The summed E-state index contributed by atoms with van der Waals surface area (Å²) < 4.78 is 0.825. The van der Waals surface area contributed by atoms with Gasteiger partial charge in [0, 0.05) is 53.8 Å². The molecule has 38 heavy (non-hydrogen) atoms. The average molecular weight is 531 g/mol. The van der Waals surface area contributed by atoms with E-state index in [1.54, 1.807) is 40.0 Å². The topological polar surface area (TPSA) is 119 Å². The van der Waals surface area contributed by atoms with Crippen molar-refractivity contribution in [2.75, 3.05) is 19.6 Å². The molecule has 10 heteroatoms. The van der Waals surface area contributed by atoms with E-state index >= 15 is 0 Å². The molecule has 2 fully saturated rings. The van der Waals surface area contributed by atoms with Crippen molar-refractivity contribution in [3.63, 3.8) is 0 Å². The first-order chi connectivity index (χ1) is 18.0. The zero-order valence-corrected chi connectivity index (χ0v) is 23.0. The lowest BCUT2D eigenvalue weighted by molar-refractivity contribution is -0.141. The summed E-state index contributed by atoms with van der Waals surface area (Å²) in [6.45, 7) is 11.4. The molecule has 5 rings (SSSR count). The number of nitriles is 1. The van der Waals surface area contributed by atoms with E-state index in [0.717, 1.165) is 15.1 Å². The van der Waals surface area contributed by atoms with E-state index in [1.165, 1.54) is 16.2 Å². The van der Waals surface area contributed by atoms with Gasteiger partial charge in [-0.3, -0.25) is 24.3 Å². The van der Waals surface area contributed by atoms with Crippen LogP contribution in [0.25, 0.3) is 21.3 Å². The summed E-state index contributed by atoms with van der Waals surface area (Å²) >= 11 is 1.44. The molecule has 0 bridgehead atoms. The van der Waals surface area contributed by atoms with Crippen molar-refractivity contribution < 1.29 is 14.4 Å². The largest absolute Gasteiger partial charge is 0.333 e. The monoisotopic (exact) mass is 530 g/mol. The molecule has 0 saturated carbocycles. The summed E-state index contributed by atoms with van der Waals surface area (Å²) in [5.74, 6) is -0.855. The summed E-state index contributed by atoms with van der Waals surface area (Å²) in [7, 11) is 0. The van der Waals surface area contributed by atoms with Crippen molar-refractivity contribution in [3.8, 4) is 17.2 Å². The van der Waals surface area contributed by atoms with Gasteiger partial charge in [0.15, 0.2) is 0 Å².